The van der Waals surface area contributed by atoms with E-state index in [1.54, 1.807) is 36.4 Å². The van der Waals surface area contributed by atoms with Gasteiger partial charge in [0.2, 0.25) is 0 Å². The average Bonchev–Trinajstić information content (AvgIpc) is 2.41. The zero-order valence-electron chi connectivity index (χ0n) is 9.98. The van der Waals surface area contributed by atoms with Crippen molar-refractivity contribution in [3.05, 3.63) is 64.2 Å². The molecule has 0 radical (unpaired) electrons. The Hall–Kier alpha value is -2.21. The summed E-state index contributed by atoms with van der Waals surface area (Å²) in [4.78, 5) is 10.6. The molecule has 0 spiro atoms. The Morgan fingerprint density at radius 1 is 1.11 bits per heavy atom. The van der Waals surface area contributed by atoms with Crippen molar-refractivity contribution in [3.8, 4) is 0 Å². The molecule has 2 aromatic carbocycles. The molecule has 2 rings (SSSR count). The second kappa shape index (κ2) is 5.62. The Morgan fingerprint density at radius 2 is 1.74 bits per heavy atom. The number of nitro benzene ring substituents is 1. The van der Waals surface area contributed by atoms with E-state index in [0.717, 1.165) is 5.56 Å². The van der Waals surface area contributed by atoms with Crippen molar-refractivity contribution in [2.75, 3.05) is 5.73 Å². The molecule has 2 N–H and O–H groups in total. The summed E-state index contributed by atoms with van der Waals surface area (Å²) in [6, 6.07) is 13.0. The van der Waals surface area contributed by atoms with Crippen molar-refractivity contribution in [1.82, 2.24) is 0 Å². The van der Waals surface area contributed by atoms with Gasteiger partial charge in [-0.05, 0) is 23.8 Å². The van der Waals surface area contributed by atoms with E-state index in [1.807, 2.05) is 0 Å². The van der Waals surface area contributed by atoms with Gasteiger partial charge in [-0.2, -0.15) is 0 Å². The molecule has 5 nitrogen and oxygen atoms in total. The van der Waals surface area contributed by atoms with Crippen molar-refractivity contribution >= 4 is 22.2 Å². The molecule has 0 saturated heterocycles. The second-order valence-corrected chi connectivity index (χ2v) is 5.38. The maximum Gasteiger partial charge on any atom is 0.285 e. The van der Waals surface area contributed by atoms with E-state index in [1.165, 1.54) is 12.1 Å². The van der Waals surface area contributed by atoms with E-state index in [2.05, 4.69) is 0 Å². The Kier molecular flexibility index (Phi) is 3.91. The molecule has 2 aromatic rings. The SMILES string of the molecule is Nc1ccc(CS(=O)c2ccccc2[N+](=O)[O-])cc1. The van der Waals surface area contributed by atoms with Crippen LogP contribution in [0.15, 0.2) is 53.4 Å². The van der Waals surface area contributed by atoms with Crippen LogP contribution >= 0.6 is 0 Å². The summed E-state index contributed by atoms with van der Waals surface area (Å²) in [5, 5.41) is 10.9. The Morgan fingerprint density at radius 3 is 2.37 bits per heavy atom. The lowest BCUT2D eigenvalue weighted by atomic mass is 10.2. The van der Waals surface area contributed by atoms with Gasteiger partial charge in [0.05, 0.1) is 21.5 Å². The molecule has 0 saturated carbocycles. The van der Waals surface area contributed by atoms with E-state index < -0.39 is 15.7 Å². The standard InChI is InChI=1S/C13H12N2O3S/c14-11-7-5-10(6-8-11)9-19(18)13-4-2-1-3-12(13)15(16)17/h1-8H,9,14H2. The van der Waals surface area contributed by atoms with Crippen LogP contribution in [0.2, 0.25) is 0 Å². The highest BCUT2D eigenvalue weighted by atomic mass is 32.2. The first-order chi connectivity index (χ1) is 9.08. The highest BCUT2D eigenvalue weighted by Crippen LogP contribution is 2.23. The smallest absolute Gasteiger partial charge is 0.285 e. The molecule has 6 heteroatoms. The maximum absolute atomic E-state index is 12.2. The zero-order chi connectivity index (χ0) is 13.8. The molecule has 0 fully saturated rings. The summed E-state index contributed by atoms with van der Waals surface area (Å²) in [6.07, 6.45) is 0. The second-order valence-electron chi connectivity index (χ2n) is 3.96. The third-order valence-electron chi connectivity index (χ3n) is 2.58. The number of anilines is 1. The van der Waals surface area contributed by atoms with Crippen molar-refractivity contribution in [2.45, 2.75) is 10.6 Å². The number of nitrogens with two attached hydrogens (primary N) is 1. The van der Waals surface area contributed by atoms with Gasteiger partial charge in [-0.15, -0.1) is 0 Å². The maximum atomic E-state index is 12.2. The Labute approximate surface area is 112 Å². The number of benzene rings is 2. The number of hydrogen-bond acceptors (Lipinski definition) is 4. The number of rotatable bonds is 4. The van der Waals surface area contributed by atoms with E-state index in [-0.39, 0.29) is 16.3 Å². The Balaban J connectivity index is 2.25. The molecule has 0 bridgehead atoms. The largest absolute Gasteiger partial charge is 0.399 e. The first-order valence-corrected chi connectivity index (χ1v) is 6.86. The molecule has 0 aliphatic carbocycles. The fourth-order valence-corrected chi connectivity index (χ4v) is 2.90. The van der Waals surface area contributed by atoms with Crippen molar-refractivity contribution in [3.63, 3.8) is 0 Å². The lowest BCUT2D eigenvalue weighted by molar-refractivity contribution is -0.387. The molecule has 0 aliphatic heterocycles. The minimum Gasteiger partial charge on any atom is -0.399 e. The fraction of sp³-hybridized carbons (Fsp3) is 0.0769. The lowest BCUT2D eigenvalue weighted by Gasteiger charge is -2.04. The quantitative estimate of drug-likeness (QED) is 0.528. The van der Waals surface area contributed by atoms with E-state index in [9.17, 15) is 14.3 Å². The van der Waals surface area contributed by atoms with Crippen LogP contribution in [-0.4, -0.2) is 9.13 Å². The highest BCUT2D eigenvalue weighted by molar-refractivity contribution is 7.84. The van der Waals surface area contributed by atoms with Gasteiger partial charge >= 0.3 is 0 Å². The average molecular weight is 276 g/mol. The third kappa shape index (κ3) is 3.17. The highest BCUT2D eigenvalue weighted by Gasteiger charge is 2.17. The third-order valence-corrected chi connectivity index (χ3v) is 4.02. The van der Waals surface area contributed by atoms with Gasteiger partial charge in [-0.1, -0.05) is 24.3 Å². The fourth-order valence-electron chi connectivity index (χ4n) is 1.64. The first kappa shape index (κ1) is 13.2. The van der Waals surface area contributed by atoms with Gasteiger partial charge < -0.3 is 5.73 Å². The van der Waals surface area contributed by atoms with Gasteiger partial charge in [-0.25, -0.2) is 0 Å². The van der Waals surface area contributed by atoms with E-state index in [4.69, 9.17) is 5.73 Å². The summed E-state index contributed by atoms with van der Waals surface area (Å²) in [7, 11) is -1.46. The molecular formula is C13H12N2O3S. The van der Waals surface area contributed by atoms with Gasteiger partial charge in [0, 0.05) is 11.8 Å². The molecule has 0 aliphatic rings. The summed E-state index contributed by atoms with van der Waals surface area (Å²) < 4.78 is 12.2. The van der Waals surface area contributed by atoms with Crippen molar-refractivity contribution in [2.24, 2.45) is 0 Å². The first-order valence-electron chi connectivity index (χ1n) is 5.54. The topological polar surface area (TPSA) is 86.2 Å². The normalized spacial score (nSPS) is 12.0. The van der Waals surface area contributed by atoms with Gasteiger partial charge in [0.1, 0.15) is 4.90 Å². The summed E-state index contributed by atoms with van der Waals surface area (Å²) >= 11 is 0. The van der Waals surface area contributed by atoms with Gasteiger partial charge in [0.15, 0.2) is 0 Å². The van der Waals surface area contributed by atoms with Crippen LogP contribution in [0, 0.1) is 10.1 Å². The molecular weight excluding hydrogens is 264 g/mol. The summed E-state index contributed by atoms with van der Waals surface area (Å²) in [6.45, 7) is 0. The van der Waals surface area contributed by atoms with Crippen LogP contribution in [-0.2, 0) is 16.6 Å². The Bertz CT molecular complexity index is 626. The van der Waals surface area contributed by atoms with Crippen LogP contribution < -0.4 is 5.73 Å². The number of nitro groups is 1. The number of para-hydroxylation sites is 1. The molecule has 19 heavy (non-hydrogen) atoms. The van der Waals surface area contributed by atoms with Gasteiger partial charge in [-0.3, -0.25) is 14.3 Å². The van der Waals surface area contributed by atoms with Crippen LogP contribution in [0.25, 0.3) is 0 Å². The summed E-state index contributed by atoms with van der Waals surface area (Å²) in [5.74, 6) is 0.227. The van der Waals surface area contributed by atoms with Crippen LogP contribution in [0.5, 0.6) is 0 Å². The predicted octanol–water partition coefficient (Wildman–Crippen LogP) is 2.48. The molecule has 0 amide bonds. The van der Waals surface area contributed by atoms with Crippen LogP contribution in [0.1, 0.15) is 5.56 Å². The molecule has 1 atom stereocenters. The molecule has 1 unspecified atom stereocenters. The van der Waals surface area contributed by atoms with E-state index >= 15 is 0 Å². The van der Waals surface area contributed by atoms with Crippen molar-refractivity contribution < 1.29 is 9.13 Å². The number of nitrogen functional groups attached to an aromatic ring is 1. The summed E-state index contributed by atoms with van der Waals surface area (Å²) in [5.41, 5.74) is 6.90. The number of hydrogen-bond donors (Lipinski definition) is 1. The van der Waals surface area contributed by atoms with Gasteiger partial charge in [0.25, 0.3) is 5.69 Å². The number of nitrogens with zero attached hydrogens (tertiary/aromatic N) is 1. The monoisotopic (exact) mass is 276 g/mol. The molecule has 0 aromatic heterocycles. The molecule has 0 heterocycles. The lowest BCUT2D eigenvalue weighted by Crippen LogP contribution is -2.01. The van der Waals surface area contributed by atoms with Crippen LogP contribution in [0.4, 0.5) is 11.4 Å². The molecule has 98 valence electrons. The van der Waals surface area contributed by atoms with E-state index in [0.29, 0.717) is 5.69 Å². The minimum absolute atomic E-state index is 0.115. The van der Waals surface area contributed by atoms with Crippen molar-refractivity contribution in [1.29, 1.82) is 0 Å². The minimum atomic E-state index is -1.46. The zero-order valence-corrected chi connectivity index (χ0v) is 10.8. The van der Waals surface area contributed by atoms with Crippen LogP contribution in [0.3, 0.4) is 0 Å². The predicted molar refractivity (Wildman–Crippen MR) is 74.1 cm³/mol.